The van der Waals surface area contributed by atoms with E-state index >= 15 is 0 Å². The second kappa shape index (κ2) is 4.87. The molecule has 2 N–H and O–H groups in total. The van der Waals surface area contributed by atoms with Crippen LogP contribution in [0, 0.1) is 6.92 Å². The lowest BCUT2D eigenvalue weighted by atomic mass is 10.0. The number of rotatable bonds is 4. The molecule has 2 heterocycles. The highest BCUT2D eigenvalue weighted by Gasteiger charge is 2.29. The summed E-state index contributed by atoms with van der Waals surface area (Å²) in [6.45, 7) is 8.53. The molecule has 1 aliphatic rings. The zero-order valence-electron chi connectivity index (χ0n) is 10.7. The molecule has 1 saturated heterocycles. The highest BCUT2D eigenvalue weighted by atomic mass is 16.5. The Morgan fingerprint density at radius 2 is 2.29 bits per heavy atom. The summed E-state index contributed by atoms with van der Waals surface area (Å²) in [5, 5.41) is 6.57. The van der Waals surface area contributed by atoms with E-state index in [0.29, 0.717) is 5.95 Å². The van der Waals surface area contributed by atoms with Crippen LogP contribution in [-0.2, 0) is 4.74 Å². The molecular formula is C12H20N4O. The fourth-order valence-corrected chi connectivity index (χ4v) is 1.94. The first-order valence-corrected chi connectivity index (χ1v) is 6.07. The zero-order chi connectivity index (χ0) is 12.3. The van der Waals surface area contributed by atoms with Crippen molar-refractivity contribution in [3.05, 3.63) is 11.8 Å². The van der Waals surface area contributed by atoms with Crippen LogP contribution in [0.4, 0.5) is 11.8 Å². The maximum atomic E-state index is 5.42. The summed E-state index contributed by atoms with van der Waals surface area (Å²) in [5.41, 5.74) is 0.950. The number of aromatic nitrogens is 2. The summed E-state index contributed by atoms with van der Waals surface area (Å²) < 4.78 is 5.42. The quantitative estimate of drug-likeness (QED) is 0.835. The molecule has 0 amide bonds. The van der Waals surface area contributed by atoms with Crippen molar-refractivity contribution in [2.45, 2.75) is 32.7 Å². The van der Waals surface area contributed by atoms with Gasteiger partial charge in [-0.1, -0.05) is 0 Å². The average Bonchev–Trinajstić information content (AvgIpc) is 2.64. The van der Waals surface area contributed by atoms with Crippen molar-refractivity contribution >= 4 is 11.8 Å². The molecule has 94 valence electrons. The molecule has 0 saturated carbocycles. The Labute approximate surface area is 102 Å². The van der Waals surface area contributed by atoms with Gasteiger partial charge in [-0.2, -0.15) is 4.98 Å². The van der Waals surface area contributed by atoms with Crippen molar-refractivity contribution in [2.75, 3.05) is 30.4 Å². The van der Waals surface area contributed by atoms with Gasteiger partial charge in [-0.25, -0.2) is 4.98 Å². The Bertz CT molecular complexity index is 388. The van der Waals surface area contributed by atoms with E-state index in [1.807, 2.05) is 19.9 Å². The summed E-state index contributed by atoms with van der Waals surface area (Å²) in [6.07, 6.45) is 1.01. The first kappa shape index (κ1) is 12.1. The lowest BCUT2D eigenvalue weighted by Crippen LogP contribution is -2.35. The molecule has 5 nitrogen and oxygen atoms in total. The smallest absolute Gasteiger partial charge is 0.224 e. The molecule has 2 rings (SSSR count). The normalized spacial score (nSPS) is 23.7. The molecular weight excluding hydrogens is 216 g/mol. The SMILES string of the molecule is CCNc1nc(C)cc(NC2(C)CCOC2)n1. The Kier molecular flexibility index (Phi) is 3.47. The van der Waals surface area contributed by atoms with E-state index < -0.39 is 0 Å². The number of hydrogen-bond donors (Lipinski definition) is 2. The molecule has 1 aromatic rings. The second-order valence-electron chi connectivity index (χ2n) is 4.74. The predicted octanol–water partition coefficient (Wildman–Crippen LogP) is 1.81. The molecule has 1 fully saturated rings. The Morgan fingerprint density at radius 1 is 1.47 bits per heavy atom. The fraction of sp³-hybridized carbons (Fsp3) is 0.667. The molecule has 0 radical (unpaired) electrons. The Balaban J connectivity index is 2.14. The molecule has 1 aromatic heterocycles. The van der Waals surface area contributed by atoms with Gasteiger partial charge in [-0.05, 0) is 27.2 Å². The minimum atomic E-state index is -0.00964. The van der Waals surface area contributed by atoms with Crippen molar-refractivity contribution in [3.8, 4) is 0 Å². The topological polar surface area (TPSA) is 59.1 Å². The Morgan fingerprint density at radius 3 is 2.94 bits per heavy atom. The molecule has 17 heavy (non-hydrogen) atoms. The second-order valence-corrected chi connectivity index (χ2v) is 4.74. The Hall–Kier alpha value is -1.36. The van der Waals surface area contributed by atoms with Gasteiger partial charge in [0.05, 0.1) is 12.1 Å². The molecule has 1 unspecified atom stereocenters. The molecule has 1 atom stereocenters. The molecule has 0 bridgehead atoms. The van der Waals surface area contributed by atoms with Crippen LogP contribution in [0.2, 0.25) is 0 Å². The van der Waals surface area contributed by atoms with Crippen molar-refractivity contribution < 1.29 is 4.74 Å². The maximum absolute atomic E-state index is 5.42. The minimum absolute atomic E-state index is 0.00964. The number of nitrogens with one attached hydrogen (secondary N) is 2. The van der Waals surface area contributed by atoms with E-state index in [1.165, 1.54) is 0 Å². The van der Waals surface area contributed by atoms with Gasteiger partial charge < -0.3 is 15.4 Å². The lowest BCUT2D eigenvalue weighted by molar-refractivity contribution is 0.185. The minimum Gasteiger partial charge on any atom is -0.379 e. The van der Waals surface area contributed by atoms with Crippen molar-refractivity contribution in [2.24, 2.45) is 0 Å². The average molecular weight is 236 g/mol. The van der Waals surface area contributed by atoms with Crippen molar-refractivity contribution in [1.82, 2.24) is 9.97 Å². The van der Waals surface area contributed by atoms with Gasteiger partial charge >= 0.3 is 0 Å². The van der Waals surface area contributed by atoms with Crippen molar-refractivity contribution in [3.63, 3.8) is 0 Å². The van der Waals surface area contributed by atoms with Crippen LogP contribution in [0.5, 0.6) is 0 Å². The van der Waals surface area contributed by atoms with E-state index in [1.54, 1.807) is 0 Å². The van der Waals surface area contributed by atoms with Crippen LogP contribution >= 0.6 is 0 Å². The summed E-state index contributed by atoms with van der Waals surface area (Å²) in [7, 11) is 0. The predicted molar refractivity (Wildman–Crippen MR) is 68.4 cm³/mol. The van der Waals surface area contributed by atoms with Gasteiger partial charge in [-0.3, -0.25) is 0 Å². The van der Waals surface area contributed by atoms with Crippen LogP contribution in [-0.4, -0.2) is 35.3 Å². The molecule has 1 aliphatic heterocycles. The molecule has 0 aromatic carbocycles. The number of anilines is 2. The van der Waals surface area contributed by atoms with Gasteiger partial charge in [0.15, 0.2) is 0 Å². The fourth-order valence-electron chi connectivity index (χ4n) is 1.94. The number of aryl methyl sites for hydroxylation is 1. The highest BCUT2D eigenvalue weighted by molar-refractivity contribution is 5.44. The third-order valence-electron chi connectivity index (χ3n) is 2.84. The van der Waals surface area contributed by atoms with Gasteiger partial charge in [0, 0.05) is 24.9 Å². The summed E-state index contributed by atoms with van der Waals surface area (Å²) in [5.74, 6) is 1.54. The third kappa shape index (κ3) is 3.06. The largest absolute Gasteiger partial charge is 0.379 e. The van der Waals surface area contributed by atoms with E-state index in [-0.39, 0.29) is 5.54 Å². The standard InChI is InChI=1S/C12H20N4O/c1-4-13-11-14-9(2)7-10(15-11)16-12(3)5-6-17-8-12/h7H,4-6,8H2,1-3H3,(H2,13,14,15,16). The van der Waals surface area contributed by atoms with Gasteiger partial charge in [-0.15, -0.1) is 0 Å². The van der Waals surface area contributed by atoms with E-state index in [9.17, 15) is 0 Å². The molecule has 0 spiro atoms. The maximum Gasteiger partial charge on any atom is 0.224 e. The van der Waals surface area contributed by atoms with Gasteiger partial charge in [0.1, 0.15) is 5.82 Å². The third-order valence-corrected chi connectivity index (χ3v) is 2.84. The molecule has 5 heteroatoms. The monoisotopic (exact) mass is 236 g/mol. The van der Waals surface area contributed by atoms with E-state index in [0.717, 1.165) is 37.7 Å². The van der Waals surface area contributed by atoms with E-state index in [2.05, 4.69) is 27.5 Å². The summed E-state index contributed by atoms with van der Waals surface area (Å²) in [4.78, 5) is 8.77. The van der Waals surface area contributed by atoms with Gasteiger partial charge in [0.25, 0.3) is 0 Å². The lowest BCUT2D eigenvalue weighted by Gasteiger charge is -2.24. The van der Waals surface area contributed by atoms with Crippen LogP contribution in [0.15, 0.2) is 6.07 Å². The first-order chi connectivity index (χ1) is 8.11. The number of nitrogens with zero attached hydrogens (tertiary/aromatic N) is 2. The van der Waals surface area contributed by atoms with Crippen LogP contribution < -0.4 is 10.6 Å². The van der Waals surface area contributed by atoms with Crippen LogP contribution in [0.3, 0.4) is 0 Å². The van der Waals surface area contributed by atoms with Crippen molar-refractivity contribution in [1.29, 1.82) is 0 Å². The van der Waals surface area contributed by atoms with E-state index in [4.69, 9.17) is 4.74 Å². The summed E-state index contributed by atoms with van der Waals surface area (Å²) >= 11 is 0. The van der Waals surface area contributed by atoms with Crippen LogP contribution in [0.25, 0.3) is 0 Å². The van der Waals surface area contributed by atoms with Crippen LogP contribution in [0.1, 0.15) is 26.0 Å². The van der Waals surface area contributed by atoms with Gasteiger partial charge in [0.2, 0.25) is 5.95 Å². The number of ether oxygens (including phenoxy) is 1. The highest BCUT2D eigenvalue weighted by Crippen LogP contribution is 2.23. The number of hydrogen-bond acceptors (Lipinski definition) is 5. The zero-order valence-corrected chi connectivity index (χ0v) is 10.7. The summed E-state index contributed by atoms with van der Waals surface area (Å²) in [6, 6.07) is 1.96. The molecule has 0 aliphatic carbocycles. The first-order valence-electron chi connectivity index (χ1n) is 6.07.